The van der Waals surface area contributed by atoms with Gasteiger partial charge in [-0.3, -0.25) is 39.1 Å². The molecule has 208 valence electrons. The van der Waals surface area contributed by atoms with E-state index in [2.05, 4.69) is 10.6 Å². The number of methoxy groups -OCH3 is 1. The summed E-state index contributed by atoms with van der Waals surface area (Å²) in [5.74, 6) is -4.14. The van der Waals surface area contributed by atoms with E-state index in [-0.39, 0.29) is 24.6 Å². The van der Waals surface area contributed by atoms with Crippen LogP contribution in [-0.4, -0.2) is 59.1 Å². The van der Waals surface area contributed by atoms with Gasteiger partial charge in [0.05, 0.1) is 25.5 Å². The maximum atomic E-state index is 13.4. The van der Waals surface area contributed by atoms with Gasteiger partial charge in [-0.1, -0.05) is 62.4 Å². The minimum atomic E-state index is -1.41. The van der Waals surface area contributed by atoms with Gasteiger partial charge in [0.1, 0.15) is 11.2 Å². The number of ether oxygens (including phenoxy) is 1. The average molecular weight is 545 g/mol. The Balaban J connectivity index is 1.49. The van der Waals surface area contributed by atoms with Gasteiger partial charge >= 0.3 is 5.97 Å². The third-order valence-electron chi connectivity index (χ3n) is 7.91. The summed E-state index contributed by atoms with van der Waals surface area (Å²) in [6.45, 7) is 4.01. The number of para-hydroxylation sites is 1. The predicted molar refractivity (Wildman–Crippen MR) is 145 cm³/mol. The molecule has 2 saturated heterocycles. The number of anilines is 1. The number of rotatable bonds is 8. The SMILES string of the molecule is COC(=O)[C@]1(CC(C)C)N[C@H](c2ccccc2NC2=CC(=O)N(Cc3ccccc3)C2=O)[C@@H]2C(=O)N(C)C(=O)[C@@H]21. The molecule has 10 nitrogen and oxygen atoms in total. The molecule has 0 bridgehead atoms. The van der Waals surface area contributed by atoms with Crippen LogP contribution in [0.5, 0.6) is 0 Å². The minimum absolute atomic E-state index is 0.0102. The first-order valence-corrected chi connectivity index (χ1v) is 13.2. The molecule has 10 heteroatoms. The van der Waals surface area contributed by atoms with Crippen molar-refractivity contribution in [2.45, 2.75) is 38.4 Å². The molecule has 40 heavy (non-hydrogen) atoms. The summed E-state index contributed by atoms with van der Waals surface area (Å²) in [5.41, 5.74) is 0.570. The molecule has 3 heterocycles. The Bertz CT molecular complexity index is 1420. The van der Waals surface area contributed by atoms with Crippen LogP contribution in [-0.2, 0) is 35.3 Å². The first-order valence-electron chi connectivity index (χ1n) is 13.2. The van der Waals surface area contributed by atoms with Crippen molar-refractivity contribution in [2.75, 3.05) is 19.5 Å². The first-order chi connectivity index (χ1) is 19.1. The van der Waals surface area contributed by atoms with Gasteiger partial charge in [-0.05, 0) is 29.5 Å². The predicted octanol–water partition coefficient (Wildman–Crippen LogP) is 2.38. The van der Waals surface area contributed by atoms with Gasteiger partial charge in [0.2, 0.25) is 11.8 Å². The Morgan fingerprint density at radius 2 is 1.70 bits per heavy atom. The number of imide groups is 2. The largest absolute Gasteiger partial charge is 0.468 e. The smallest absolute Gasteiger partial charge is 0.326 e. The fraction of sp³-hybridized carbons (Fsp3) is 0.367. The zero-order valence-electron chi connectivity index (χ0n) is 22.8. The Morgan fingerprint density at radius 3 is 2.38 bits per heavy atom. The van der Waals surface area contributed by atoms with Crippen LogP contribution < -0.4 is 10.6 Å². The summed E-state index contributed by atoms with van der Waals surface area (Å²) >= 11 is 0. The number of carbonyl (C=O) groups is 5. The second-order valence-electron chi connectivity index (χ2n) is 10.9. The number of amides is 4. The number of nitrogens with one attached hydrogen (secondary N) is 2. The van der Waals surface area contributed by atoms with Gasteiger partial charge in [0.15, 0.2) is 0 Å². The second-order valence-corrected chi connectivity index (χ2v) is 10.9. The number of nitrogens with zero attached hydrogens (tertiary/aromatic N) is 2. The molecule has 0 unspecified atom stereocenters. The fourth-order valence-corrected chi connectivity index (χ4v) is 6.24. The van der Waals surface area contributed by atoms with E-state index in [9.17, 15) is 24.0 Å². The Hall–Kier alpha value is -4.31. The quantitative estimate of drug-likeness (QED) is 0.384. The van der Waals surface area contributed by atoms with Gasteiger partial charge in [-0.15, -0.1) is 0 Å². The maximum absolute atomic E-state index is 13.4. The van der Waals surface area contributed by atoms with Gasteiger partial charge in [0, 0.05) is 24.9 Å². The summed E-state index contributed by atoms with van der Waals surface area (Å²) in [6.07, 6.45) is 1.54. The summed E-state index contributed by atoms with van der Waals surface area (Å²) in [5, 5.41) is 6.44. The summed E-state index contributed by atoms with van der Waals surface area (Å²) in [6, 6.07) is 15.5. The van der Waals surface area contributed by atoms with Gasteiger partial charge in [-0.25, -0.2) is 0 Å². The molecule has 2 fully saturated rings. The number of hydrogen-bond acceptors (Lipinski definition) is 8. The summed E-state index contributed by atoms with van der Waals surface area (Å²) < 4.78 is 5.18. The molecular weight excluding hydrogens is 512 g/mol. The second kappa shape index (κ2) is 10.3. The highest BCUT2D eigenvalue weighted by Gasteiger charge is 2.68. The molecule has 2 aromatic carbocycles. The van der Waals surface area contributed by atoms with Crippen molar-refractivity contribution in [3.8, 4) is 0 Å². The Labute approximate surface area is 232 Å². The normalized spacial score (nSPS) is 26.0. The highest BCUT2D eigenvalue weighted by Crippen LogP contribution is 2.52. The summed E-state index contributed by atoms with van der Waals surface area (Å²) in [4.78, 5) is 68.3. The molecule has 0 spiro atoms. The van der Waals surface area contributed by atoms with Crippen LogP contribution in [0, 0.1) is 17.8 Å². The van der Waals surface area contributed by atoms with Crippen LogP contribution >= 0.6 is 0 Å². The monoisotopic (exact) mass is 544 g/mol. The molecule has 0 radical (unpaired) electrons. The zero-order chi connectivity index (χ0) is 28.8. The van der Waals surface area contributed by atoms with Crippen molar-refractivity contribution in [1.82, 2.24) is 15.1 Å². The van der Waals surface area contributed by atoms with Crippen molar-refractivity contribution in [2.24, 2.45) is 17.8 Å². The van der Waals surface area contributed by atoms with E-state index in [1.54, 1.807) is 24.3 Å². The molecular formula is C30H32N4O6. The van der Waals surface area contributed by atoms with E-state index in [1.807, 2.05) is 44.2 Å². The third-order valence-corrected chi connectivity index (χ3v) is 7.91. The molecule has 0 saturated carbocycles. The zero-order valence-corrected chi connectivity index (χ0v) is 22.8. The number of hydrogen-bond donors (Lipinski definition) is 2. The molecule has 4 amide bonds. The van der Waals surface area contributed by atoms with Gasteiger partial charge in [0.25, 0.3) is 11.8 Å². The number of carbonyl (C=O) groups excluding carboxylic acids is 5. The highest BCUT2D eigenvalue weighted by atomic mass is 16.5. The number of esters is 1. The minimum Gasteiger partial charge on any atom is -0.468 e. The third kappa shape index (κ3) is 4.38. The van der Waals surface area contributed by atoms with Crippen molar-refractivity contribution >= 4 is 35.3 Å². The standard InChI is InChI=1S/C30H32N4O6/c1-17(2)15-30(29(39)40-4)24-23(27(37)33(3)28(24)38)25(32-30)19-12-8-9-13-20(19)31-21-14-22(35)34(26(21)36)16-18-10-6-5-7-11-18/h5-14,17,23-25,31-32H,15-16H2,1-4H3/t23-,24-,25-,30-/m1/s1. The van der Waals surface area contributed by atoms with E-state index >= 15 is 0 Å². The lowest BCUT2D eigenvalue weighted by Crippen LogP contribution is -2.56. The molecule has 0 aliphatic carbocycles. The van der Waals surface area contributed by atoms with E-state index in [4.69, 9.17) is 4.74 Å². The van der Waals surface area contributed by atoms with E-state index in [0.717, 1.165) is 15.4 Å². The van der Waals surface area contributed by atoms with Gasteiger partial charge < -0.3 is 10.1 Å². The average Bonchev–Trinajstić information content (AvgIpc) is 3.49. The van der Waals surface area contributed by atoms with E-state index < -0.39 is 53.0 Å². The number of benzene rings is 2. The van der Waals surface area contributed by atoms with Crippen LogP contribution in [0.15, 0.2) is 66.4 Å². The lowest BCUT2D eigenvalue weighted by Gasteiger charge is -2.33. The topological polar surface area (TPSA) is 125 Å². The van der Waals surface area contributed by atoms with Crippen molar-refractivity contribution in [3.05, 3.63) is 77.5 Å². The van der Waals surface area contributed by atoms with Crippen LogP contribution in [0.25, 0.3) is 0 Å². The van der Waals surface area contributed by atoms with Crippen LogP contribution in [0.4, 0.5) is 5.69 Å². The van der Waals surface area contributed by atoms with Crippen molar-refractivity contribution < 1.29 is 28.7 Å². The maximum Gasteiger partial charge on any atom is 0.326 e. The highest BCUT2D eigenvalue weighted by molar-refractivity contribution is 6.17. The Kier molecular flexibility index (Phi) is 7.05. The molecule has 0 aromatic heterocycles. The first kappa shape index (κ1) is 27.3. The number of fused-ring (bicyclic) bond motifs is 1. The van der Waals surface area contributed by atoms with E-state index in [0.29, 0.717) is 11.3 Å². The fourth-order valence-electron chi connectivity index (χ4n) is 6.24. The van der Waals surface area contributed by atoms with E-state index in [1.165, 1.54) is 20.2 Å². The van der Waals surface area contributed by atoms with Crippen LogP contribution in [0.2, 0.25) is 0 Å². The summed E-state index contributed by atoms with van der Waals surface area (Å²) in [7, 11) is 2.70. The lowest BCUT2D eigenvalue weighted by atomic mass is 9.75. The van der Waals surface area contributed by atoms with Crippen molar-refractivity contribution in [3.63, 3.8) is 0 Å². The molecule has 2 aromatic rings. The number of likely N-dealkylation sites (tertiary alicyclic amines) is 1. The molecule has 5 rings (SSSR count). The molecule has 4 atom stereocenters. The van der Waals surface area contributed by atoms with Crippen LogP contribution in [0.1, 0.15) is 37.4 Å². The molecule has 2 N–H and O–H groups in total. The van der Waals surface area contributed by atoms with Gasteiger partial charge in [-0.2, -0.15) is 0 Å². The Morgan fingerprint density at radius 1 is 1.02 bits per heavy atom. The van der Waals surface area contributed by atoms with Crippen molar-refractivity contribution in [1.29, 1.82) is 0 Å². The lowest BCUT2D eigenvalue weighted by molar-refractivity contribution is -0.154. The molecule has 3 aliphatic rings. The van der Waals surface area contributed by atoms with Crippen LogP contribution in [0.3, 0.4) is 0 Å². The molecule has 3 aliphatic heterocycles.